The third kappa shape index (κ3) is 2.28. The molecule has 4 unspecified atom stereocenters. The first-order chi connectivity index (χ1) is 8.90. The van der Waals surface area contributed by atoms with Crippen LogP contribution in [0.25, 0.3) is 0 Å². The molecule has 1 aliphatic carbocycles. The highest BCUT2D eigenvalue weighted by Crippen LogP contribution is 2.39. The van der Waals surface area contributed by atoms with Crippen LogP contribution in [-0.2, 0) is 14.8 Å². The third-order valence-electron chi connectivity index (χ3n) is 3.87. The molecule has 1 aromatic heterocycles. The number of hydrogen-bond donors (Lipinski definition) is 2. The summed E-state index contributed by atoms with van der Waals surface area (Å²) in [6.45, 7) is 2.46. The van der Waals surface area contributed by atoms with E-state index in [1.165, 1.54) is 11.3 Å². The van der Waals surface area contributed by atoms with E-state index in [1.807, 2.05) is 0 Å². The summed E-state index contributed by atoms with van der Waals surface area (Å²) in [5.41, 5.74) is 6.02. The van der Waals surface area contributed by atoms with Gasteiger partial charge in [-0.1, -0.05) is 0 Å². The Morgan fingerprint density at radius 2 is 2.32 bits per heavy atom. The average molecular weight is 367 g/mol. The number of fused-ring (bicyclic) bond motifs is 1. The van der Waals surface area contributed by atoms with Gasteiger partial charge in [0, 0.05) is 23.4 Å². The number of hydrogen-bond acceptors (Lipinski definition) is 5. The summed E-state index contributed by atoms with van der Waals surface area (Å²) in [7, 11) is -3.53. The van der Waals surface area contributed by atoms with Gasteiger partial charge in [-0.3, -0.25) is 0 Å². The summed E-state index contributed by atoms with van der Waals surface area (Å²) in [4.78, 5) is 1.08. The van der Waals surface area contributed by atoms with Gasteiger partial charge in [0.1, 0.15) is 0 Å². The Kier molecular flexibility index (Phi) is 3.52. The molecule has 1 saturated heterocycles. The molecule has 0 aromatic carbocycles. The molecule has 0 bridgehead atoms. The molecule has 0 radical (unpaired) electrons. The Morgan fingerprint density at radius 1 is 1.58 bits per heavy atom. The van der Waals surface area contributed by atoms with E-state index in [1.54, 1.807) is 13.0 Å². The van der Waals surface area contributed by atoms with Crippen LogP contribution in [0.5, 0.6) is 0 Å². The minimum atomic E-state index is -3.53. The molecule has 4 atom stereocenters. The van der Waals surface area contributed by atoms with Gasteiger partial charge in [0.2, 0.25) is 10.0 Å². The molecule has 106 valence electrons. The fourth-order valence-electron chi connectivity index (χ4n) is 2.84. The Balaban J connectivity index is 1.81. The van der Waals surface area contributed by atoms with Crippen LogP contribution in [0, 0.1) is 12.8 Å². The third-order valence-corrected chi connectivity index (χ3v) is 7.14. The van der Waals surface area contributed by atoms with Gasteiger partial charge in [-0.25, -0.2) is 13.1 Å². The normalized spacial score (nSPS) is 34.1. The minimum absolute atomic E-state index is 0.0628. The first-order valence-electron chi connectivity index (χ1n) is 6.05. The maximum Gasteiger partial charge on any atom is 0.242 e. The molecule has 19 heavy (non-hydrogen) atoms. The van der Waals surface area contributed by atoms with Crippen molar-refractivity contribution < 1.29 is 13.2 Å². The van der Waals surface area contributed by atoms with Gasteiger partial charge in [0.05, 0.1) is 20.8 Å². The van der Waals surface area contributed by atoms with Crippen molar-refractivity contribution >= 4 is 37.3 Å². The Bertz CT molecular complexity index is 601. The predicted molar refractivity (Wildman–Crippen MR) is 76.7 cm³/mol. The van der Waals surface area contributed by atoms with E-state index in [2.05, 4.69) is 20.7 Å². The first kappa shape index (κ1) is 14.0. The molecule has 8 heteroatoms. The maximum atomic E-state index is 12.4. The second-order valence-electron chi connectivity index (χ2n) is 4.98. The van der Waals surface area contributed by atoms with Gasteiger partial charge < -0.3 is 10.5 Å². The Labute approximate surface area is 124 Å². The van der Waals surface area contributed by atoms with E-state index < -0.39 is 10.0 Å². The number of rotatable bonds is 3. The summed E-state index contributed by atoms with van der Waals surface area (Å²) < 4.78 is 33.8. The molecule has 1 aliphatic heterocycles. The van der Waals surface area contributed by atoms with Crippen LogP contribution in [0.2, 0.25) is 0 Å². The molecule has 5 nitrogen and oxygen atoms in total. The van der Waals surface area contributed by atoms with E-state index in [4.69, 9.17) is 10.5 Å². The van der Waals surface area contributed by atoms with E-state index >= 15 is 0 Å². The highest BCUT2D eigenvalue weighted by Gasteiger charge is 2.53. The van der Waals surface area contributed by atoms with Gasteiger partial charge in [0.25, 0.3) is 0 Å². The predicted octanol–water partition coefficient (Wildman–Crippen LogP) is 1.21. The summed E-state index contributed by atoms with van der Waals surface area (Å²) in [5.74, 6) is 0.294. The molecule has 0 amide bonds. The number of nitrogens with one attached hydrogen (secondary N) is 1. The van der Waals surface area contributed by atoms with Crippen LogP contribution in [0.15, 0.2) is 14.7 Å². The molecule has 2 fully saturated rings. The average Bonchev–Trinajstić information content (AvgIpc) is 2.90. The standard InChI is InChI=1S/C11H15BrN2O3S2/c1-5-7(4-8(12)18-5)19(15,16)14-10-9(13)6-2-3-17-11(6)10/h4,6,9-11,14H,2-3,13H2,1H3. The summed E-state index contributed by atoms with van der Waals surface area (Å²) in [6.07, 6.45) is 0.861. The van der Waals surface area contributed by atoms with Crippen molar-refractivity contribution in [3.8, 4) is 0 Å². The van der Waals surface area contributed by atoms with Gasteiger partial charge in [-0.15, -0.1) is 11.3 Å². The number of aryl methyl sites for hydroxylation is 1. The molecule has 3 N–H and O–H groups in total. The van der Waals surface area contributed by atoms with Crippen molar-refractivity contribution in [2.24, 2.45) is 11.7 Å². The van der Waals surface area contributed by atoms with Crippen molar-refractivity contribution in [2.75, 3.05) is 6.61 Å². The minimum Gasteiger partial charge on any atom is -0.376 e. The number of ether oxygens (including phenoxy) is 1. The smallest absolute Gasteiger partial charge is 0.242 e. The maximum absolute atomic E-state index is 12.4. The highest BCUT2D eigenvalue weighted by atomic mass is 79.9. The topological polar surface area (TPSA) is 81.4 Å². The second kappa shape index (κ2) is 4.78. The fourth-order valence-corrected chi connectivity index (χ4v) is 6.53. The lowest BCUT2D eigenvalue weighted by Crippen LogP contribution is -2.68. The first-order valence-corrected chi connectivity index (χ1v) is 9.15. The highest BCUT2D eigenvalue weighted by molar-refractivity contribution is 9.11. The Hall–Kier alpha value is 0.01000. The zero-order valence-electron chi connectivity index (χ0n) is 10.3. The van der Waals surface area contributed by atoms with Crippen molar-refractivity contribution in [1.29, 1.82) is 0 Å². The molecular formula is C11H15BrN2O3S2. The van der Waals surface area contributed by atoms with E-state index in [9.17, 15) is 8.42 Å². The zero-order chi connectivity index (χ0) is 13.8. The zero-order valence-corrected chi connectivity index (χ0v) is 13.5. The van der Waals surface area contributed by atoms with Gasteiger partial charge >= 0.3 is 0 Å². The number of nitrogens with two attached hydrogens (primary N) is 1. The second-order valence-corrected chi connectivity index (χ2v) is 9.30. The molecule has 0 spiro atoms. The van der Waals surface area contributed by atoms with Gasteiger partial charge in [-0.2, -0.15) is 0 Å². The fraction of sp³-hybridized carbons (Fsp3) is 0.636. The lowest BCUT2D eigenvalue weighted by Gasteiger charge is -2.45. The summed E-state index contributed by atoms with van der Waals surface area (Å²) in [6, 6.07) is 1.17. The van der Waals surface area contributed by atoms with E-state index in [0.29, 0.717) is 17.4 Å². The largest absolute Gasteiger partial charge is 0.376 e. The molecule has 1 saturated carbocycles. The van der Waals surface area contributed by atoms with Crippen LogP contribution >= 0.6 is 27.3 Å². The van der Waals surface area contributed by atoms with Gasteiger partial charge in [-0.05, 0) is 35.3 Å². The summed E-state index contributed by atoms with van der Waals surface area (Å²) in [5, 5.41) is 0. The number of sulfonamides is 1. The van der Waals surface area contributed by atoms with Crippen molar-refractivity contribution in [1.82, 2.24) is 4.72 Å². The van der Waals surface area contributed by atoms with Crippen LogP contribution in [0.1, 0.15) is 11.3 Å². The lowest BCUT2D eigenvalue weighted by molar-refractivity contribution is -0.00924. The van der Waals surface area contributed by atoms with Gasteiger partial charge in [0.15, 0.2) is 0 Å². The number of thiophene rings is 1. The van der Waals surface area contributed by atoms with Crippen molar-refractivity contribution in [2.45, 2.75) is 36.4 Å². The van der Waals surface area contributed by atoms with Crippen LogP contribution in [0.4, 0.5) is 0 Å². The number of halogens is 1. The molecule has 3 rings (SSSR count). The SMILES string of the molecule is Cc1sc(Br)cc1S(=O)(=O)NC1C(N)C2CCOC21. The van der Waals surface area contributed by atoms with Crippen molar-refractivity contribution in [3.63, 3.8) is 0 Å². The Morgan fingerprint density at radius 3 is 2.95 bits per heavy atom. The van der Waals surface area contributed by atoms with Crippen molar-refractivity contribution in [3.05, 3.63) is 14.7 Å². The molecule has 2 aliphatic rings. The quantitative estimate of drug-likeness (QED) is 0.842. The van der Waals surface area contributed by atoms with E-state index in [0.717, 1.165) is 15.1 Å². The van der Waals surface area contributed by atoms with Crippen LogP contribution in [0.3, 0.4) is 0 Å². The lowest BCUT2D eigenvalue weighted by atomic mass is 9.73. The van der Waals surface area contributed by atoms with Crippen LogP contribution in [-0.4, -0.2) is 33.2 Å². The molecule has 2 heterocycles. The summed E-state index contributed by atoms with van der Waals surface area (Å²) >= 11 is 4.71. The van der Waals surface area contributed by atoms with Crippen LogP contribution < -0.4 is 10.5 Å². The van der Waals surface area contributed by atoms with E-state index in [-0.39, 0.29) is 18.2 Å². The monoisotopic (exact) mass is 366 g/mol. The molecule has 1 aromatic rings. The molecular weight excluding hydrogens is 352 g/mol.